The molecule has 2 aromatic carbocycles. The molecule has 11 heteroatoms. The van der Waals surface area contributed by atoms with Gasteiger partial charge in [0, 0.05) is 22.3 Å². The number of aromatic amines is 1. The molecule has 198 valence electrons. The fourth-order valence-electron chi connectivity index (χ4n) is 4.35. The number of hydrogen-bond donors (Lipinski definition) is 3. The number of benzene rings is 2. The van der Waals surface area contributed by atoms with Crippen molar-refractivity contribution in [2.75, 3.05) is 18.1 Å². The number of H-pyrrole nitrogens is 1. The number of esters is 1. The molecule has 1 unspecified atom stereocenters. The summed E-state index contributed by atoms with van der Waals surface area (Å²) in [5.41, 5.74) is 4.77. The molecule has 2 heterocycles. The molecule has 4 rings (SSSR count). The van der Waals surface area contributed by atoms with Crippen molar-refractivity contribution >= 4 is 22.4 Å². The molecule has 4 N–H and O–H groups in total. The highest BCUT2D eigenvalue weighted by Gasteiger charge is 2.34. The third-order valence-electron chi connectivity index (χ3n) is 6.10. The van der Waals surface area contributed by atoms with Crippen molar-refractivity contribution in [3.63, 3.8) is 0 Å². The second-order valence-corrected chi connectivity index (χ2v) is 9.43. The van der Waals surface area contributed by atoms with Crippen LogP contribution in [0, 0.1) is 5.92 Å². The predicted molar refractivity (Wildman–Crippen MR) is 132 cm³/mol. The number of nitrogens with zero attached hydrogens (tertiary/aromatic N) is 1. The number of hydrogen-bond acceptors (Lipinski definition) is 7. The Morgan fingerprint density at radius 1 is 1.24 bits per heavy atom. The Balaban J connectivity index is 1.53. The number of nitrogens with two attached hydrogens (primary N) is 1. The maximum absolute atomic E-state index is 13.5. The number of halogens is 3. The lowest BCUT2D eigenvalue weighted by Gasteiger charge is -2.21. The minimum absolute atomic E-state index is 0.0419. The molecule has 1 saturated heterocycles. The van der Waals surface area contributed by atoms with E-state index in [-0.39, 0.29) is 35.7 Å². The Morgan fingerprint density at radius 3 is 2.68 bits per heavy atom. The van der Waals surface area contributed by atoms with E-state index in [0.717, 1.165) is 6.07 Å². The number of fused-ring (bicyclic) bond motifs is 1. The molecule has 0 bridgehead atoms. The second kappa shape index (κ2) is 10.5. The van der Waals surface area contributed by atoms with Crippen molar-refractivity contribution in [3.05, 3.63) is 64.4 Å². The van der Waals surface area contributed by atoms with Crippen LogP contribution in [-0.4, -0.2) is 47.8 Å². The number of aromatic nitrogens is 1. The van der Waals surface area contributed by atoms with Crippen LogP contribution >= 0.6 is 0 Å². The molecule has 0 aliphatic carbocycles. The van der Waals surface area contributed by atoms with Crippen LogP contribution in [0.15, 0.2) is 53.3 Å². The van der Waals surface area contributed by atoms with Gasteiger partial charge in [0.05, 0.1) is 12.1 Å². The molecule has 1 aliphatic heterocycles. The number of nitrogens with one attached hydrogen (secondary N) is 1. The SMILES string of the molecule is CC(C)C[C@H](N)C(=O)OC[C@H]1CN(c2ccc3cc(-c4ccccc4C(F)(F)F)[nH]c(=O)c3c2)C(O)O1. The Morgan fingerprint density at radius 2 is 1.97 bits per heavy atom. The molecule has 37 heavy (non-hydrogen) atoms. The first-order chi connectivity index (χ1) is 17.4. The van der Waals surface area contributed by atoms with Crippen LogP contribution in [0.3, 0.4) is 0 Å². The molecule has 8 nitrogen and oxygen atoms in total. The Bertz CT molecular complexity index is 1340. The van der Waals surface area contributed by atoms with Gasteiger partial charge in [0.2, 0.25) is 6.41 Å². The van der Waals surface area contributed by atoms with E-state index in [1.54, 1.807) is 12.1 Å². The van der Waals surface area contributed by atoms with Gasteiger partial charge in [0.1, 0.15) is 18.8 Å². The zero-order valence-electron chi connectivity index (χ0n) is 20.3. The Labute approximate surface area is 210 Å². The lowest BCUT2D eigenvalue weighted by Crippen LogP contribution is -2.36. The molecule has 1 aliphatic rings. The zero-order valence-corrected chi connectivity index (χ0v) is 20.3. The highest BCUT2D eigenvalue weighted by molar-refractivity contribution is 5.88. The van der Waals surface area contributed by atoms with Crippen molar-refractivity contribution in [2.24, 2.45) is 11.7 Å². The number of rotatable bonds is 7. The molecule has 1 aromatic heterocycles. The first-order valence-electron chi connectivity index (χ1n) is 11.8. The summed E-state index contributed by atoms with van der Waals surface area (Å²) in [6.07, 6.45) is -6.07. The second-order valence-electron chi connectivity index (χ2n) is 9.43. The maximum atomic E-state index is 13.5. The predicted octanol–water partition coefficient (Wildman–Crippen LogP) is 3.61. The van der Waals surface area contributed by atoms with E-state index in [2.05, 4.69) is 4.98 Å². The molecule has 3 atom stereocenters. The van der Waals surface area contributed by atoms with Crippen LogP contribution in [0.2, 0.25) is 0 Å². The van der Waals surface area contributed by atoms with Crippen LogP contribution in [0.5, 0.6) is 0 Å². The molecule has 0 amide bonds. The Hall–Kier alpha value is -3.41. The van der Waals surface area contributed by atoms with Gasteiger partial charge in [0.15, 0.2) is 0 Å². The standard InChI is InChI=1S/C26H28F3N3O5/c1-14(2)9-21(30)24(34)36-13-17-12-32(25(35)37-17)16-8-7-15-10-22(31-23(33)19(15)11-16)18-5-3-4-6-20(18)26(27,28)29/h3-8,10-11,14,17,21,25,35H,9,12-13,30H2,1-2H3,(H,31,33)/t17-,21+,25?/m1/s1. The van der Waals surface area contributed by atoms with Crippen LogP contribution < -0.4 is 16.2 Å². The largest absolute Gasteiger partial charge is 0.462 e. The molecular weight excluding hydrogens is 491 g/mol. The minimum atomic E-state index is -4.58. The molecular formula is C26H28F3N3O5. The van der Waals surface area contributed by atoms with Gasteiger partial charge in [-0.3, -0.25) is 9.59 Å². The molecule has 0 saturated carbocycles. The summed E-state index contributed by atoms with van der Waals surface area (Å²) >= 11 is 0. The quantitative estimate of drug-likeness (QED) is 0.408. The zero-order chi connectivity index (χ0) is 26.9. The van der Waals surface area contributed by atoms with Crippen molar-refractivity contribution in [1.82, 2.24) is 4.98 Å². The number of anilines is 1. The van der Waals surface area contributed by atoms with E-state index < -0.39 is 41.8 Å². The number of pyridine rings is 1. The lowest BCUT2D eigenvalue weighted by atomic mass is 10.0. The van der Waals surface area contributed by atoms with Crippen LogP contribution in [0.1, 0.15) is 25.8 Å². The normalized spacial score (nSPS) is 19.0. The Kier molecular flexibility index (Phi) is 7.58. The van der Waals surface area contributed by atoms with E-state index >= 15 is 0 Å². The van der Waals surface area contributed by atoms with Crippen molar-refractivity contribution < 1.29 is 32.5 Å². The van der Waals surface area contributed by atoms with Crippen LogP contribution in [0.25, 0.3) is 22.0 Å². The molecule has 0 spiro atoms. The monoisotopic (exact) mass is 519 g/mol. The number of alkyl halides is 3. The summed E-state index contributed by atoms with van der Waals surface area (Å²) in [5.74, 6) is -0.320. The van der Waals surface area contributed by atoms with E-state index in [0.29, 0.717) is 17.5 Å². The first-order valence-corrected chi connectivity index (χ1v) is 11.8. The summed E-state index contributed by atoms with van der Waals surface area (Å²) in [7, 11) is 0. The van der Waals surface area contributed by atoms with Crippen LogP contribution in [0.4, 0.5) is 18.9 Å². The van der Waals surface area contributed by atoms with Crippen LogP contribution in [-0.2, 0) is 20.4 Å². The smallest absolute Gasteiger partial charge is 0.417 e. The summed E-state index contributed by atoms with van der Waals surface area (Å²) in [6, 6.07) is 10.5. The van der Waals surface area contributed by atoms with Gasteiger partial charge in [-0.15, -0.1) is 0 Å². The third kappa shape index (κ3) is 5.95. The topological polar surface area (TPSA) is 118 Å². The summed E-state index contributed by atoms with van der Waals surface area (Å²) in [5, 5.41) is 11.1. The average Bonchev–Trinajstić information content (AvgIpc) is 3.21. The fraction of sp³-hybridized carbons (Fsp3) is 0.385. The van der Waals surface area contributed by atoms with Gasteiger partial charge in [-0.2, -0.15) is 13.2 Å². The van der Waals surface area contributed by atoms with Gasteiger partial charge < -0.3 is 30.2 Å². The summed E-state index contributed by atoms with van der Waals surface area (Å²) in [6.45, 7) is 3.96. The van der Waals surface area contributed by atoms with Gasteiger partial charge in [-0.05, 0) is 42.0 Å². The van der Waals surface area contributed by atoms with Gasteiger partial charge in [0.25, 0.3) is 5.56 Å². The fourth-order valence-corrected chi connectivity index (χ4v) is 4.35. The molecule has 0 radical (unpaired) electrons. The van der Waals surface area contributed by atoms with E-state index in [1.807, 2.05) is 13.8 Å². The maximum Gasteiger partial charge on any atom is 0.417 e. The summed E-state index contributed by atoms with van der Waals surface area (Å²) < 4.78 is 51.1. The molecule has 3 aromatic rings. The lowest BCUT2D eigenvalue weighted by molar-refractivity contribution is -0.153. The third-order valence-corrected chi connectivity index (χ3v) is 6.10. The van der Waals surface area contributed by atoms with E-state index in [9.17, 15) is 27.9 Å². The summed E-state index contributed by atoms with van der Waals surface area (Å²) in [4.78, 5) is 28.9. The van der Waals surface area contributed by atoms with Gasteiger partial charge >= 0.3 is 12.1 Å². The number of carbonyl (C=O) groups excluding carboxylic acids is 1. The minimum Gasteiger partial charge on any atom is -0.462 e. The van der Waals surface area contributed by atoms with Crippen molar-refractivity contribution in [3.8, 4) is 11.3 Å². The first kappa shape index (κ1) is 26.6. The van der Waals surface area contributed by atoms with E-state index in [1.165, 1.54) is 35.2 Å². The number of carbonyl (C=O) groups is 1. The average molecular weight is 520 g/mol. The highest BCUT2D eigenvalue weighted by atomic mass is 19.4. The van der Waals surface area contributed by atoms with E-state index in [4.69, 9.17) is 15.2 Å². The number of aliphatic hydroxyl groups is 1. The highest BCUT2D eigenvalue weighted by Crippen LogP contribution is 2.37. The van der Waals surface area contributed by atoms with Crippen molar-refractivity contribution in [2.45, 2.75) is 45.0 Å². The van der Waals surface area contributed by atoms with Crippen molar-refractivity contribution in [1.29, 1.82) is 0 Å². The van der Waals surface area contributed by atoms with Gasteiger partial charge in [-0.25, -0.2) is 0 Å². The number of ether oxygens (including phenoxy) is 2. The van der Waals surface area contributed by atoms with Gasteiger partial charge in [-0.1, -0.05) is 38.1 Å². The molecule has 1 fully saturated rings. The number of aliphatic hydroxyl groups excluding tert-OH is 1.